The summed E-state index contributed by atoms with van der Waals surface area (Å²) in [5.74, 6) is -1.97. The fraction of sp³-hybridized carbons (Fsp3) is 0.417. The number of hydrogen-bond acceptors (Lipinski definition) is 6. The quantitative estimate of drug-likeness (QED) is 0.853. The van der Waals surface area contributed by atoms with E-state index in [0.717, 1.165) is 0 Å². The van der Waals surface area contributed by atoms with Gasteiger partial charge in [0, 0.05) is 6.20 Å². The minimum Gasteiger partial charge on any atom is -0.329 e. The van der Waals surface area contributed by atoms with Crippen LogP contribution in [0.1, 0.15) is 25.3 Å². The number of nitrogens with zero attached hydrogens (tertiary/aromatic N) is 3. The van der Waals surface area contributed by atoms with E-state index in [-0.39, 0.29) is 17.3 Å². The third-order valence-corrected chi connectivity index (χ3v) is 4.98. The van der Waals surface area contributed by atoms with E-state index in [1.54, 1.807) is 13.8 Å². The number of alkyl halides is 3. The Balaban J connectivity index is 2.21. The summed E-state index contributed by atoms with van der Waals surface area (Å²) in [7, 11) is -3.28. The molecule has 0 radical (unpaired) electrons. The minimum absolute atomic E-state index is 0.0601. The molecule has 0 fully saturated rings. The van der Waals surface area contributed by atoms with E-state index >= 15 is 0 Å². The summed E-state index contributed by atoms with van der Waals surface area (Å²) < 4.78 is 64.7. The molecule has 2 aromatic rings. The lowest BCUT2D eigenvalue weighted by Gasteiger charge is -2.07. The van der Waals surface area contributed by atoms with E-state index in [1.165, 1.54) is 18.3 Å². The third kappa shape index (κ3) is 3.62. The number of aromatic nitrogens is 3. The highest BCUT2D eigenvalue weighted by atomic mass is 32.2. The summed E-state index contributed by atoms with van der Waals surface area (Å²) in [5.41, 5.74) is 0.488. The van der Waals surface area contributed by atoms with Gasteiger partial charge in [0.25, 0.3) is 0 Å². The van der Waals surface area contributed by atoms with Crippen molar-refractivity contribution < 1.29 is 26.1 Å². The zero-order valence-corrected chi connectivity index (χ0v) is 12.4. The van der Waals surface area contributed by atoms with E-state index in [4.69, 9.17) is 0 Å². The fourth-order valence-electron chi connectivity index (χ4n) is 1.48. The first-order valence-corrected chi connectivity index (χ1v) is 7.89. The fourth-order valence-corrected chi connectivity index (χ4v) is 2.45. The van der Waals surface area contributed by atoms with Crippen molar-refractivity contribution in [3.05, 3.63) is 29.8 Å². The summed E-state index contributed by atoms with van der Waals surface area (Å²) in [6.45, 7) is 3.13. The van der Waals surface area contributed by atoms with Crippen LogP contribution in [0.15, 0.2) is 22.9 Å². The second-order valence-electron chi connectivity index (χ2n) is 4.83. The molecule has 0 aliphatic rings. The molecule has 0 bridgehead atoms. The molecular weight excluding hydrogens is 323 g/mol. The van der Waals surface area contributed by atoms with Crippen LogP contribution >= 0.6 is 0 Å². The maximum absolute atomic E-state index is 12.4. The van der Waals surface area contributed by atoms with Crippen molar-refractivity contribution in [3.8, 4) is 11.5 Å². The van der Waals surface area contributed by atoms with Crippen LogP contribution in [0.25, 0.3) is 11.5 Å². The van der Waals surface area contributed by atoms with Gasteiger partial charge in [-0.25, -0.2) is 8.42 Å². The Hall–Kier alpha value is -1.97. The van der Waals surface area contributed by atoms with Gasteiger partial charge < -0.3 is 4.52 Å². The van der Waals surface area contributed by atoms with Crippen LogP contribution in [0.2, 0.25) is 0 Å². The average molecular weight is 335 g/mol. The summed E-state index contributed by atoms with van der Waals surface area (Å²) in [5, 5.41) is 2.67. The van der Waals surface area contributed by atoms with Crippen molar-refractivity contribution in [2.75, 3.05) is 0 Å². The third-order valence-electron chi connectivity index (χ3n) is 2.81. The molecule has 0 aliphatic carbocycles. The van der Waals surface area contributed by atoms with Gasteiger partial charge in [0.2, 0.25) is 5.82 Å². The average Bonchev–Trinajstić information content (AvgIpc) is 2.88. The van der Waals surface area contributed by atoms with E-state index < -0.39 is 27.2 Å². The van der Waals surface area contributed by atoms with Crippen LogP contribution in [0.3, 0.4) is 0 Å². The van der Waals surface area contributed by atoms with E-state index in [1.807, 2.05) is 0 Å². The van der Waals surface area contributed by atoms with Crippen LogP contribution in [0.4, 0.5) is 13.2 Å². The van der Waals surface area contributed by atoms with Crippen molar-refractivity contribution in [2.45, 2.75) is 31.0 Å². The molecule has 2 aromatic heterocycles. The topological polar surface area (TPSA) is 86.0 Å². The number of hydrogen-bond donors (Lipinski definition) is 0. The molecule has 2 heterocycles. The molecule has 2 rings (SSSR count). The highest BCUT2D eigenvalue weighted by molar-refractivity contribution is 7.91. The zero-order chi connectivity index (χ0) is 16.5. The van der Waals surface area contributed by atoms with Crippen molar-refractivity contribution in [1.82, 2.24) is 15.1 Å². The number of pyridine rings is 1. The van der Waals surface area contributed by atoms with E-state index in [2.05, 4.69) is 19.6 Å². The first-order chi connectivity index (χ1) is 10.1. The second kappa shape index (κ2) is 5.67. The maximum Gasteiger partial charge on any atom is 0.471 e. The molecule has 6 nitrogen and oxygen atoms in total. The molecule has 10 heteroatoms. The first-order valence-electron chi connectivity index (χ1n) is 6.17. The van der Waals surface area contributed by atoms with Gasteiger partial charge in [0.05, 0.1) is 11.0 Å². The van der Waals surface area contributed by atoms with Crippen LogP contribution in [0.5, 0.6) is 0 Å². The lowest BCUT2D eigenvalue weighted by Crippen LogP contribution is -2.16. The van der Waals surface area contributed by atoms with Crippen molar-refractivity contribution in [1.29, 1.82) is 0 Å². The monoisotopic (exact) mass is 335 g/mol. The summed E-state index contributed by atoms with van der Waals surface area (Å²) in [6.07, 6.45) is -3.46. The lowest BCUT2D eigenvalue weighted by molar-refractivity contribution is -0.159. The normalized spacial score (nSPS) is 12.8. The van der Waals surface area contributed by atoms with Gasteiger partial charge in [0.1, 0.15) is 5.69 Å². The van der Waals surface area contributed by atoms with E-state index in [0.29, 0.717) is 5.56 Å². The minimum atomic E-state index is -4.73. The van der Waals surface area contributed by atoms with Gasteiger partial charge in [-0.3, -0.25) is 4.98 Å². The van der Waals surface area contributed by atoms with E-state index in [9.17, 15) is 21.6 Å². The maximum atomic E-state index is 12.4. The highest BCUT2D eigenvalue weighted by Crippen LogP contribution is 2.28. The van der Waals surface area contributed by atoms with Gasteiger partial charge in [-0.2, -0.15) is 18.2 Å². The number of sulfone groups is 1. The smallest absolute Gasteiger partial charge is 0.329 e. The predicted octanol–water partition coefficient (Wildman–Crippen LogP) is 2.47. The Labute approximate surface area is 124 Å². The lowest BCUT2D eigenvalue weighted by atomic mass is 10.2. The Morgan fingerprint density at radius 3 is 2.41 bits per heavy atom. The van der Waals surface area contributed by atoms with Crippen molar-refractivity contribution in [3.63, 3.8) is 0 Å². The van der Waals surface area contributed by atoms with Crippen LogP contribution in [0, 0.1) is 0 Å². The standard InChI is InChI=1S/C12H12F3N3O3S/c1-7(2)22(19,20)6-8-3-4-9(16-5-8)10-17-11(21-18-10)12(13,14)15/h3-5,7H,6H2,1-2H3. The van der Waals surface area contributed by atoms with Crippen LogP contribution in [-0.2, 0) is 21.8 Å². The molecule has 0 spiro atoms. The molecule has 0 unspecified atom stereocenters. The Morgan fingerprint density at radius 1 is 1.27 bits per heavy atom. The predicted molar refractivity (Wildman–Crippen MR) is 70.3 cm³/mol. The molecule has 0 atom stereocenters. The molecular formula is C12H12F3N3O3S. The van der Waals surface area contributed by atoms with Gasteiger partial charge in [0.15, 0.2) is 9.84 Å². The van der Waals surface area contributed by atoms with Gasteiger partial charge in [-0.1, -0.05) is 11.2 Å². The summed E-state index contributed by atoms with van der Waals surface area (Å²) in [6, 6.07) is 2.79. The summed E-state index contributed by atoms with van der Waals surface area (Å²) in [4.78, 5) is 7.07. The number of rotatable bonds is 4. The molecule has 0 aliphatic heterocycles. The Bertz CT molecular complexity index is 752. The largest absolute Gasteiger partial charge is 0.471 e. The first kappa shape index (κ1) is 16.4. The Kier molecular flexibility index (Phi) is 4.23. The SMILES string of the molecule is CC(C)S(=O)(=O)Cc1ccc(-c2noc(C(F)(F)F)n2)nc1. The second-order valence-corrected chi connectivity index (χ2v) is 7.39. The van der Waals surface area contributed by atoms with Crippen molar-refractivity contribution in [2.24, 2.45) is 0 Å². The molecule has 0 N–H and O–H groups in total. The Morgan fingerprint density at radius 2 is 1.95 bits per heavy atom. The zero-order valence-electron chi connectivity index (χ0n) is 11.6. The molecule has 22 heavy (non-hydrogen) atoms. The van der Waals surface area contributed by atoms with Gasteiger partial charge in [-0.05, 0) is 25.5 Å². The molecule has 120 valence electrons. The highest BCUT2D eigenvalue weighted by Gasteiger charge is 2.38. The number of halogens is 3. The van der Waals surface area contributed by atoms with Gasteiger partial charge in [-0.15, -0.1) is 0 Å². The molecule has 0 aromatic carbocycles. The van der Waals surface area contributed by atoms with Crippen LogP contribution < -0.4 is 0 Å². The molecule has 0 saturated carbocycles. The molecule has 0 saturated heterocycles. The van der Waals surface area contributed by atoms with Gasteiger partial charge >= 0.3 is 12.1 Å². The van der Waals surface area contributed by atoms with Crippen LogP contribution in [-0.4, -0.2) is 28.8 Å². The summed E-state index contributed by atoms with van der Waals surface area (Å²) >= 11 is 0. The van der Waals surface area contributed by atoms with Crippen molar-refractivity contribution >= 4 is 9.84 Å². The molecule has 0 amide bonds.